The fraction of sp³-hybridized carbons (Fsp3) is 0.240. The van der Waals surface area contributed by atoms with Crippen LogP contribution in [0.1, 0.15) is 25.7 Å². The molecule has 2 aromatic carbocycles. The van der Waals surface area contributed by atoms with E-state index in [1.165, 1.54) is 0 Å². The molecule has 2 heterocycles. The highest BCUT2D eigenvalue weighted by atomic mass is 16.2. The summed E-state index contributed by atoms with van der Waals surface area (Å²) in [5.41, 5.74) is 9.93. The summed E-state index contributed by atoms with van der Waals surface area (Å²) >= 11 is 0. The predicted octanol–water partition coefficient (Wildman–Crippen LogP) is 4.80. The number of amides is 2. The first-order valence-corrected chi connectivity index (χ1v) is 11.5. The number of carbonyl (C=O) groups is 1. The molecule has 0 atom stereocenters. The Morgan fingerprint density at radius 3 is 2.32 bits per heavy atom. The van der Waals surface area contributed by atoms with Crippen molar-refractivity contribution in [2.24, 2.45) is 5.73 Å². The molecular formula is C25H28N8O. The molecule has 2 aromatic heterocycles. The third-order valence-electron chi connectivity index (χ3n) is 5.94. The van der Waals surface area contributed by atoms with Crippen molar-refractivity contribution in [3.8, 4) is 0 Å². The van der Waals surface area contributed by atoms with Gasteiger partial charge in [0, 0.05) is 47.6 Å². The number of anilines is 5. The lowest BCUT2D eigenvalue weighted by Gasteiger charge is -2.27. The van der Waals surface area contributed by atoms with Crippen molar-refractivity contribution in [2.45, 2.75) is 37.8 Å². The quantitative estimate of drug-likeness (QED) is 0.284. The van der Waals surface area contributed by atoms with E-state index in [9.17, 15) is 4.79 Å². The second kappa shape index (κ2) is 9.80. The molecule has 1 aliphatic carbocycles. The maximum Gasteiger partial charge on any atom is 0.323 e. The molecule has 1 fully saturated rings. The van der Waals surface area contributed by atoms with Gasteiger partial charge in [-0.2, -0.15) is 0 Å². The van der Waals surface area contributed by atoms with Crippen LogP contribution in [0.5, 0.6) is 0 Å². The third-order valence-corrected chi connectivity index (χ3v) is 5.94. The second-order valence-corrected chi connectivity index (χ2v) is 8.54. The van der Waals surface area contributed by atoms with Crippen LogP contribution in [0.4, 0.5) is 33.4 Å². The smallest absolute Gasteiger partial charge is 0.323 e. The normalized spacial score (nSPS) is 17.8. The van der Waals surface area contributed by atoms with Crippen LogP contribution in [-0.2, 0) is 0 Å². The average molecular weight is 457 g/mol. The van der Waals surface area contributed by atoms with Gasteiger partial charge >= 0.3 is 6.03 Å². The van der Waals surface area contributed by atoms with Crippen LogP contribution in [0.15, 0.2) is 73.1 Å². The fourth-order valence-corrected chi connectivity index (χ4v) is 4.16. The minimum Gasteiger partial charge on any atom is -0.366 e. The number of imidazole rings is 1. The van der Waals surface area contributed by atoms with Gasteiger partial charge in [0.15, 0.2) is 5.65 Å². The Balaban J connectivity index is 1.26. The van der Waals surface area contributed by atoms with Crippen LogP contribution < -0.4 is 27.0 Å². The van der Waals surface area contributed by atoms with Crippen LogP contribution in [-0.4, -0.2) is 32.7 Å². The molecule has 0 bridgehead atoms. The average Bonchev–Trinajstić information content (AvgIpc) is 3.31. The number of aromatic nitrogens is 3. The molecule has 174 valence electrons. The van der Waals surface area contributed by atoms with Crippen molar-refractivity contribution in [2.75, 3.05) is 21.3 Å². The Morgan fingerprint density at radius 2 is 1.59 bits per heavy atom. The van der Waals surface area contributed by atoms with Gasteiger partial charge in [0.25, 0.3) is 0 Å². The zero-order valence-electron chi connectivity index (χ0n) is 18.7. The SMILES string of the molecule is NC1CCC(Nc2cc(Nc3ccc(NC(=O)Nc4ccccc4)cc3)c3nccn3n2)CC1. The van der Waals surface area contributed by atoms with E-state index < -0.39 is 0 Å². The van der Waals surface area contributed by atoms with E-state index in [4.69, 9.17) is 5.73 Å². The first kappa shape index (κ1) is 21.7. The van der Waals surface area contributed by atoms with E-state index >= 15 is 0 Å². The minimum atomic E-state index is -0.292. The number of nitrogens with one attached hydrogen (secondary N) is 4. The molecule has 1 aliphatic rings. The lowest BCUT2D eigenvalue weighted by atomic mass is 9.92. The van der Waals surface area contributed by atoms with Crippen LogP contribution in [0.3, 0.4) is 0 Å². The summed E-state index contributed by atoms with van der Waals surface area (Å²) in [5.74, 6) is 0.796. The zero-order chi connectivity index (χ0) is 23.3. The van der Waals surface area contributed by atoms with Gasteiger partial charge in [-0.25, -0.2) is 14.3 Å². The van der Waals surface area contributed by atoms with E-state index in [-0.39, 0.29) is 6.03 Å². The number of nitrogens with zero attached hydrogens (tertiary/aromatic N) is 3. The third kappa shape index (κ3) is 5.26. The first-order valence-electron chi connectivity index (χ1n) is 11.5. The van der Waals surface area contributed by atoms with Crippen molar-refractivity contribution < 1.29 is 4.79 Å². The highest BCUT2D eigenvalue weighted by Crippen LogP contribution is 2.26. The molecular weight excluding hydrogens is 428 g/mol. The molecule has 1 saturated carbocycles. The van der Waals surface area contributed by atoms with Gasteiger partial charge in [-0.05, 0) is 62.1 Å². The summed E-state index contributed by atoms with van der Waals surface area (Å²) in [6.45, 7) is 0. The van der Waals surface area contributed by atoms with E-state index in [1.54, 1.807) is 10.7 Å². The number of carbonyl (C=O) groups excluding carboxylic acids is 1. The molecule has 0 aliphatic heterocycles. The lowest BCUT2D eigenvalue weighted by Crippen LogP contribution is -2.33. The van der Waals surface area contributed by atoms with Crippen LogP contribution >= 0.6 is 0 Å². The molecule has 34 heavy (non-hydrogen) atoms. The summed E-state index contributed by atoms with van der Waals surface area (Å²) in [5, 5.41) is 17.3. The molecule has 9 heteroatoms. The van der Waals surface area contributed by atoms with Crippen molar-refractivity contribution in [1.29, 1.82) is 0 Å². The number of rotatable bonds is 6. The summed E-state index contributed by atoms with van der Waals surface area (Å²) in [7, 11) is 0. The number of hydrogen-bond donors (Lipinski definition) is 5. The monoisotopic (exact) mass is 456 g/mol. The number of benzene rings is 2. The van der Waals surface area contributed by atoms with Crippen LogP contribution in [0.25, 0.3) is 5.65 Å². The Labute approximate surface area is 197 Å². The zero-order valence-corrected chi connectivity index (χ0v) is 18.7. The van der Waals surface area contributed by atoms with Crippen molar-refractivity contribution in [3.63, 3.8) is 0 Å². The minimum absolute atomic E-state index is 0.292. The van der Waals surface area contributed by atoms with Gasteiger partial charge in [-0.3, -0.25) is 0 Å². The number of urea groups is 1. The standard InChI is InChI=1S/C25H28N8O/c26-17-6-8-20(9-7-17)29-23-16-22(24-27-14-15-33(24)32-23)28-19-10-12-21(13-11-19)31-25(34)30-18-4-2-1-3-5-18/h1-5,10-17,20,28H,6-9,26H2,(H,29,32)(H2,30,31,34). The molecule has 9 nitrogen and oxygen atoms in total. The van der Waals surface area contributed by atoms with Gasteiger partial charge < -0.3 is 27.0 Å². The second-order valence-electron chi connectivity index (χ2n) is 8.54. The Kier molecular flexibility index (Phi) is 6.26. The number of nitrogens with two attached hydrogens (primary N) is 1. The molecule has 5 rings (SSSR count). The van der Waals surface area contributed by atoms with E-state index in [2.05, 4.69) is 31.3 Å². The molecule has 0 unspecified atom stereocenters. The summed E-state index contributed by atoms with van der Waals surface area (Å²) in [4.78, 5) is 16.7. The maximum atomic E-state index is 12.2. The number of hydrogen-bond acceptors (Lipinski definition) is 6. The van der Waals surface area contributed by atoms with Crippen molar-refractivity contribution in [1.82, 2.24) is 14.6 Å². The highest BCUT2D eigenvalue weighted by molar-refractivity contribution is 5.99. The molecule has 0 spiro atoms. The Morgan fingerprint density at radius 1 is 0.912 bits per heavy atom. The molecule has 0 radical (unpaired) electrons. The summed E-state index contributed by atoms with van der Waals surface area (Å²) < 4.78 is 1.77. The van der Waals surface area contributed by atoms with Gasteiger partial charge in [-0.15, -0.1) is 5.10 Å². The predicted molar refractivity (Wildman–Crippen MR) is 136 cm³/mol. The van der Waals surface area contributed by atoms with E-state index in [0.717, 1.165) is 54.2 Å². The molecule has 2 amide bonds. The largest absolute Gasteiger partial charge is 0.366 e. The molecule has 6 N–H and O–H groups in total. The number of para-hydroxylation sites is 1. The van der Waals surface area contributed by atoms with Crippen LogP contribution in [0, 0.1) is 0 Å². The van der Waals surface area contributed by atoms with E-state index in [0.29, 0.717) is 17.8 Å². The van der Waals surface area contributed by atoms with Gasteiger partial charge in [-0.1, -0.05) is 18.2 Å². The van der Waals surface area contributed by atoms with Crippen molar-refractivity contribution in [3.05, 3.63) is 73.1 Å². The number of fused-ring (bicyclic) bond motifs is 1. The van der Waals surface area contributed by atoms with Gasteiger partial charge in [0.2, 0.25) is 0 Å². The summed E-state index contributed by atoms with van der Waals surface area (Å²) in [6.07, 6.45) is 7.70. The fourth-order valence-electron chi connectivity index (χ4n) is 4.16. The van der Waals surface area contributed by atoms with Gasteiger partial charge in [0.1, 0.15) is 5.82 Å². The Hall–Kier alpha value is -4.11. The Bertz CT molecular complexity index is 1250. The topological polar surface area (TPSA) is 121 Å². The first-order chi connectivity index (χ1) is 16.6. The maximum absolute atomic E-state index is 12.2. The highest BCUT2D eigenvalue weighted by Gasteiger charge is 2.19. The van der Waals surface area contributed by atoms with Gasteiger partial charge in [0.05, 0.1) is 5.69 Å². The van der Waals surface area contributed by atoms with Crippen LogP contribution in [0.2, 0.25) is 0 Å². The van der Waals surface area contributed by atoms with E-state index in [1.807, 2.05) is 66.9 Å². The summed E-state index contributed by atoms with van der Waals surface area (Å²) in [6, 6.07) is 19.2. The molecule has 4 aromatic rings. The lowest BCUT2D eigenvalue weighted by molar-refractivity contribution is 0.262. The molecule has 0 saturated heterocycles. The van der Waals surface area contributed by atoms with Crippen molar-refractivity contribution >= 4 is 40.2 Å².